The molecule has 0 bridgehead atoms. The maximum Gasteiger partial charge on any atom is 0.123 e. The summed E-state index contributed by atoms with van der Waals surface area (Å²) in [5.74, 6) is -0.240. The molecule has 0 radical (unpaired) electrons. The quantitative estimate of drug-likeness (QED) is 0.801. The molecule has 1 aliphatic rings. The summed E-state index contributed by atoms with van der Waals surface area (Å²) in [5.41, 5.74) is 6.62. The molecule has 16 heavy (non-hydrogen) atoms. The van der Waals surface area contributed by atoms with Crippen molar-refractivity contribution in [2.45, 2.75) is 18.6 Å². The van der Waals surface area contributed by atoms with Crippen molar-refractivity contribution in [2.75, 3.05) is 19.6 Å². The van der Waals surface area contributed by atoms with E-state index in [0.717, 1.165) is 18.5 Å². The highest BCUT2D eigenvalue weighted by Crippen LogP contribution is 2.24. The number of benzene rings is 1. The molecule has 2 rings (SSSR count). The first-order valence-corrected chi connectivity index (χ1v) is 5.58. The molecule has 0 aliphatic carbocycles. The van der Waals surface area contributed by atoms with Gasteiger partial charge in [-0.3, -0.25) is 4.90 Å². The van der Waals surface area contributed by atoms with Gasteiger partial charge in [0, 0.05) is 25.7 Å². The Hall–Kier alpha value is -0.970. The molecule has 88 valence electrons. The lowest BCUT2D eigenvalue weighted by Crippen LogP contribution is -2.32. The average molecular weight is 224 g/mol. The number of nitrogens with zero attached hydrogens (tertiary/aromatic N) is 1. The molecule has 3 N–H and O–H groups in total. The number of β-amino-alcohol motifs (C(OH)–C–C–N with tert-alkyl or cyclic N) is 1. The lowest BCUT2D eigenvalue weighted by atomic mass is 10.1. The van der Waals surface area contributed by atoms with E-state index >= 15 is 0 Å². The number of hydrogen-bond acceptors (Lipinski definition) is 3. The highest BCUT2D eigenvalue weighted by atomic mass is 19.1. The number of hydrogen-bond donors (Lipinski definition) is 2. The van der Waals surface area contributed by atoms with Crippen LogP contribution >= 0.6 is 0 Å². The Labute approximate surface area is 94.7 Å². The smallest absolute Gasteiger partial charge is 0.123 e. The van der Waals surface area contributed by atoms with Crippen LogP contribution in [0.5, 0.6) is 0 Å². The van der Waals surface area contributed by atoms with Gasteiger partial charge in [0.05, 0.1) is 6.10 Å². The van der Waals surface area contributed by atoms with Gasteiger partial charge in [0.2, 0.25) is 0 Å². The molecular weight excluding hydrogens is 207 g/mol. The first kappa shape index (κ1) is 11.5. The fraction of sp³-hybridized carbons (Fsp3) is 0.500. The Morgan fingerprint density at radius 1 is 1.56 bits per heavy atom. The number of likely N-dealkylation sites (tertiary alicyclic amines) is 1. The van der Waals surface area contributed by atoms with E-state index in [0.29, 0.717) is 13.1 Å². The van der Waals surface area contributed by atoms with Gasteiger partial charge in [-0.05, 0) is 24.1 Å². The van der Waals surface area contributed by atoms with Crippen LogP contribution in [0.15, 0.2) is 24.3 Å². The Morgan fingerprint density at radius 3 is 2.94 bits per heavy atom. The van der Waals surface area contributed by atoms with Crippen LogP contribution < -0.4 is 5.73 Å². The van der Waals surface area contributed by atoms with Crippen LogP contribution in [0.1, 0.15) is 18.0 Å². The fourth-order valence-corrected chi connectivity index (χ4v) is 2.26. The van der Waals surface area contributed by atoms with Gasteiger partial charge < -0.3 is 10.8 Å². The molecular formula is C12H17FN2O. The first-order valence-electron chi connectivity index (χ1n) is 5.58. The van der Waals surface area contributed by atoms with E-state index in [4.69, 9.17) is 5.73 Å². The molecule has 0 saturated carbocycles. The summed E-state index contributed by atoms with van der Waals surface area (Å²) in [7, 11) is 0. The summed E-state index contributed by atoms with van der Waals surface area (Å²) < 4.78 is 13.1. The largest absolute Gasteiger partial charge is 0.392 e. The highest BCUT2D eigenvalue weighted by Gasteiger charge is 2.27. The van der Waals surface area contributed by atoms with Crippen molar-refractivity contribution >= 4 is 0 Å². The van der Waals surface area contributed by atoms with Gasteiger partial charge in [-0.25, -0.2) is 4.39 Å². The van der Waals surface area contributed by atoms with E-state index < -0.39 is 0 Å². The molecule has 1 aromatic carbocycles. The summed E-state index contributed by atoms with van der Waals surface area (Å²) >= 11 is 0. The van der Waals surface area contributed by atoms with Crippen LogP contribution in [-0.2, 0) is 0 Å². The third-order valence-electron chi connectivity index (χ3n) is 3.09. The normalized spacial score (nSPS) is 23.6. The van der Waals surface area contributed by atoms with Crippen molar-refractivity contribution in [1.82, 2.24) is 4.90 Å². The standard InChI is InChI=1S/C12H17FN2O/c13-10-3-1-2-9(6-10)12(7-14)15-5-4-11(16)8-15/h1-3,6,11-12,16H,4-5,7-8,14H2. The Morgan fingerprint density at radius 2 is 2.38 bits per heavy atom. The zero-order valence-corrected chi connectivity index (χ0v) is 9.14. The minimum atomic E-state index is -0.275. The molecule has 3 nitrogen and oxygen atoms in total. The van der Waals surface area contributed by atoms with Crippen molar-refractivity contribution in [3.05, 3.63) is 35.6 Å². The molecule has 1 saturated heterocycles. The van der Waals surface area contributed by atoms with Crippen molar-refractivity contribution in [2.24, 2.45) is 5.73 Å². The number of rotatable bonds is 3. The zero-order valence-electron chi connectivity index (χ0n) is 9.14. The number of halogens is 1. The summed E-state index contributed by atoms with van der Waals surface area (Å²) in [6.07, 6.45) is 0.494. The molecule has 1 aliphatic heterocycles. The summed E-state index contributed by atoms with van der Waals surface area (Å²) in [5, 5.41) is 9.49. The molecule has 2 unspecified atom stereocenters. The molecule has 2 atom stereocenters. The first-order chi connectivity index (χ1) is 7.70. The predicted molar refractivity (Wildman–Crippen MR) is 60.4 cm³/mol. The van der Waals surface area contributed by atoms with Crippen LogP contribution in [0.25, 0.3) is 0 Å². The lowest BCUT2D eigenvalue weighted by molar-refractivity contribution is 0.160. The van der Waals surface area contributed by atoms with Crippen molar-refractivity contribution < 1.29 is 9.50 Å². The van der Waals surface area contributed by atoms with Crippen LogP contribution in [0, 0.1) is 5.82 Å². The molecule has 0 spiro atoms. The van der Waals surface area contributed by atoms with Gasteiger partial charge in [-0.15, -0.1) is 0 Å². The third-order valence-corrected chi connectivity index (χ3v) is 3.09. The van der Waals surface area contributed by atoms with Crippen molar-refractivity contribution in [1.29, 1.82) is 0 Å². The predicted octanol–water partition coefficient (Wildman–Crippen LogP) is 0.892. The van der Waals surface area contributed by atoms with E-state index in [1.165, 1.54) is 12.1 Å². The number of nitrogens with two attached hydrogens (primary N) is 1. The van der Waals surface area contributed by atoms with Gasteiger partial charge in [0.25, 0.3) is 0 Å². The molecule has 4 heteroatoms. The second kappa shape index (κ2) is 4.91. The Kier molecular flexibility index (Phi) is 3.53. The monoisotopic (exact) mass is 224 g/mol. The van der Waals surface area contributed by atoms with Crippen LogP contribution in [-0.4, -0.2) is 35.7 Å². The molecule has 1 heterocycles. The van der Waals surface area contributed by atoms with Gasteiger partial charge in [-0.1, -0.05) is 12.1 Å². The van der Waals surface area contributed by atoms with Gasteiger partial charge in [0.15, 0.2) is 0 Å². The lowest BCUT2D eigenvalue weighted by Gasteiger charge is -2.26. The summed E-state index contributed by atoms with van der Waals surface area (Å²) in [6.45, 7) is 1.88. The molecule has 1 fully saturated rings. The minimum absolute atomic E-state index is 0.00727. The Balaban J connectivity index is 2.16. The molecule has 0 amide bonds. The van der Waals surface area contributed by atoms with Crippen molar-refractivity contribution in [3.63, 3.8) is 0 Å². The Bertz CT molecular complexity index is 359. The zero-order chi connectivity index (χ0) is 11.5. The second-order valence-corrected chi connectivity index (χ2v) is 4.24. The maximum atomic E-state index is 13.1. The van der Waals surface area contributed by atoms with Crippen molar-refractivity contribution in [3.8, 4) is 0 Å². The maximum absolute atomic E-state index is 13.1. The number of aliphatic hydroxyl groups excluding tert-OH is 1. The topological polar surface area (TPSA) is 49.5 Å². The minimum Gasteiger partial charge on any atom is -0.392 e. The molecule has 0 aromatic heterocycles. The van der Waals surface area contributed by atoms with E-state index in [1.54, 1.807) is 6.07 Å². The van der Waals surface area contributed by atoms with Gasteiger partial charge >= 0.3 is 0 Å². The third kappa shape index (κ3) is 2.40. The van der Waals surface area contributed by atoms with E-state index in [9.17, 15) is 9.50 Å². The van der Waals surface area contributed by atoms with E-state index in [-0.39, 0.29) is 18.0 Å². The molecule has 1 aromatic rings. The van der Waals surface area contributed by atoms with Crippen LogP contribution in [0.4, 0.5) is 4.39 Å². The summed E-state index contributed by atoms with van der Waals surface area (Å²) in [4.78, 5) is 2.11. The van der Waals surface area contributed by atoms with Crippen LogP contribution in [0.2, 0.25) is 0 Å². The van der Waals surface area contributed by atoms with E-state index in [1.807, 2.05) is 6.07 Å². The highest BCUT2D eigenvalue weighted by molar-refractivity contribution is 5.21. The van der Waals surface area contributed by atoms with Crippen LogP contribution in [0.3, 0.4) is 0 Å². The summed E-state index contributed by atoms with van der Waals surface area (Å²) in [6, 6.07) is 6.52. The van der Waals surface area contributed by atoms with Gasteiger partial charge in [-0.2, -0.15) is 0 Å². The fourth-order valence-electron chi connectivity index (χ4n) is 2.26. The van der Waals surface area contributed by atoms with E-state index in [2.05, 4.69) is 4.90 Å². The number of aliphatic hydroxyl groups is 1. The van der Waals surface area contributed by atoms with Gasteiger partial charge in [0.1, 0.15) is 5.82 Å². The second-order valence-electron chi connectivity index (χ2n) is 4.24. The average Bonchev–Trinajstić information content (AvgIpc) is 2.66. The SMILES string of the molecule is NCC(c1cccc(F)c1)N1CCC(O)C1.